The van der Waals surface area contributed by atoms with Crippen molar-refractivity contribution >= 4 is 28.9 Å². The Morgan fingerprint density at radius 1 is 1.32 bits per heavy atom. The van der Waals surface area contributed by atoms with Gasteiger partial charge in [-0.2, -0.15) is 0 Å². The summed E-state index contributed by atoms with van der Waals surface area (Å²) in [5.41, 5.74) is 6.70. The Balaban J connectivity index is 1.83. The van der Waals surface area contributed by atoms with Crippen molar-refractivity contribution in [2.75, 3.05) is 12.3 Å². The molecule has 7 heteroatoms. The van der Waals surface area contributed by atoms with Crippen molar-refractivity contribution in [2.45, 2.75) is 25.3 Å². The molecule has 3 rings (SSSR count). The lowest BCUT2D eigenvalue weighted by molar-refractivity contribution is -0.383. The standard InChI is InChI=1S/C18H18ClN3O3/c19-15-6-2-1-4-12(15)10-14-5-3-9-21(14)18(23)13-7-8-16(20)17(11-13)22(24)25/h1-2,4,6-8,11,14H,3,5,9-10,20H2. The van der Waals surface area contributed by atoms with E-state index in [4.69, 9.17) is 17.3 Å². The highest BCUT2D eigenvalue weighted by Crippen LogP contribution is 2.28. The molecule has 1 unspecified atom stereocenters. The first-order valence-corrected chi connectivity index (χ1v) is 8.43. The third-order valence-corrected chi connectivity index (χ3v) is 4.89. The van der Waals surface area contributed by atoms with Crippen molar-refractivity contribution in [1.29, 1.82) is 0 Å². The van der Waals surface area contributed by atoms with Crippen LogP contribution in [0.25, 0.3) is 0 Å². The van der Waals surface area contributed by atoms with E-state index in [0.717, 1.165) is 18.4 Å². The molecule has 2 N–H and O–H groups in total. The monoisotopic (exact) mass is 359 g/mol. The summed E-state index contributed by atoms with van der Waals surface area (Å²) in [5, 5.41) is 11.7. The number of amides is 1. The molecule has 1 atom stereocenters. The highest BCUT2D eigenvalue weighted by molar-refractivity contribution is 6.31. The van der Waals surface area contributed by atoms with Gasteiger partial charge in [0.15, 0.2) is 0 Å². The van der Waals surface area contributed by atoms with Gasteiger partial charge in [-0.1, -0.05) is 29.8 Å². The Morgan fingerprint density at radius 3 is 2.80 bits per heavy atom. The van der Waals surface area contributed by atoms with Gasteiger partial charge in [-0.25, -0.2) is 0 Å². The molecule has 0 aromatic heterocycles. The summed E-state index contributed by atoms with van der Waals surface area (Å²) in [6.45, 7) is 0.631. The van der Waals surface area contributed by atoms with Crippen LogP contribution in [0.5, 0.6) is 0 Å². The first kappa shape index (κ1) is 17.2. The summed E-state index contributed by atoms with van der Waals surface area (Å²) in [4.78, 5) is 25.1. The van der Waals surface area contributed by atoms with Crippen LogP contribution < -0.4 is 5.73 Å². The van der Waals surface area contributed by atoms with Crippen LogP contribution in [-0.4, -0.2) is 28.3 Å². The SMILES string of the molecule is Nc1ccc(C(=O)N2CCCC2Cc2ccccc2Cl)cc1[N+](=O)[O-]. The molecular formula is C18H18ClN3O3. The number of benzene rings is 2. The fourth-order valence-corrected chi connectivity index (χ4v) is 3.45. The molecule has 1 amide bonds. The van der Waals surface area contributed by atoms with Crippen LogP contribution in [-0.2, 0) is 6.42 Å². The quantitative estimate of drug-likeness (QED) is 0.512. The average Bonchev–Trinajstić information content (AvgIpc) is 3.04. The molecule has 0 spiro atoms. The van der Waals surface area contributed by atoms with Crippen LogP contribution in [0.2, 0.25) is 5.02 Å². The molecule has 2 aromatic carbocycles. The number of nitrogen functional groups attached to an aromatic ring is 1. The minimum absolute atomic E-state index is 0.0315. The average molecular weight is 360 g/mol. The Morgan fingerprint density at radius 2 is 2.08 bits per heavy atom. The normalized spacial score (nSPS) is 16.8. The van der Waals surface area contributed by atoms with E-state index in [1.54, 1.807) is 4.90 Å². The maximum absolute atomic E-state index is 12.8. The molecule has 130 valence electrons. The van der Waals surface area contributed by atoms with Crippen molar-refractivity contribution in [3.63, 3.8) is 0 Å². The number of halogens is 1. The number of nitro groups is 1. The lowest BCUT2D eigenvalue weighted by Gasteiger charge is -2.25. The van der Waals surface area contributed by atoms with Gasteiger partial charge in [0.1, 0.15) is 5.69 Å². The van der Waals surface area contributed by atoms with Gasteiger partial charge in [0.2, 0.25) is 0 Å². The molecule has 1 saturated heterocycles. The van der Waals surface area contributed by atoms with Crippen LogP contribution in [0.1, 0.15) is 28.8 Å². The van der Waals surface area contributed by atoms with E-state index in [0.29, 0.717) is 18.0 Å². The molecule has 2 aromatic rings. The number of hydrogen-bond donors (Lipinski definition) is 1. The van der Waals surface area contributed by atoms with Gasteiger partial charge in [-0.15, -0.1) is 0 Å². The minimum atomic E-state index is -0.572. The summed E-state index contributed by atoms with van der Waals surface area (Å²) in [6, 6.07) is 11.8. The predicted octanol–water partition coefficient (Wildman–Crippen LogP) is 3.68. The van der Waals surface area contributed by atoms with Crippen molar-refractivity contribution in [2.24, 2.45) is 0 Å². The summed E-state index contributed by atoms with van der Waals surface area (Å²) in [7, 11) is 0. The largest absolute Gasteiger partial charge is 0.393 e. The Hall–Kier alpha value is -2.60. The molecule has 1 heterocycles. The van der Waals surface area contributed by atoms with Crippen molar-refractivity contribution in [3.8, 4) is 0 Å². The van der Waals surface area contributed by atoms with E-state index < -0.39 is 4.92 Å². The Kier molecular flexibility index (Phi) is 4.90. The molecule has 0 aliphatic carbocycles. The number of likely N-dealkylation sites (tertiary alicyclic amines) is 1. The van der Waals surface area contributed by atoms with Crippen molar-refractivity contribution in [3.05, 3.63) is 68.7 Å². The fraction of sp³-hybridized carbons (Fsp3) is 0.278. The Bertz CT molecular complexity index is 825. The molecule has 0 bridgehead atoms. The topological polar surface area (TPSA) is 89.5 Å². The van der Waals surface area contributed by atoms with E-state index in [-0.39, 0.29) is 28.9 Å². The van der Waals surface area contributed by atoms with Crippen molar-refractivity contribution in [1.82, 2.24) is 4.90 Å². The van der Waals surface area contributed by atoms with Crippen LogP contribution in [0.15, 0.2) is 42.5 Å². The number of carbonyl (C=O) groups excluding carboxylic acids is 1. The van der Waals surface area contributed by atoms with Gasteiger partial charge in [-0.05, 0) is 43.0 Å². The molecule has 0 saturated carbocycles. The number of nitrogens with zero attached hydrogens (tertiary/aromatic N) is 2. The highest BCUT2D eigenvalue weighted by Gasteiger charge is 2.30. The first-order chi connectivity index (χ1) is 12.0. The summed E-state index contributed by atoms with van der Waals surface area (Å²) in [5.74, 6) is -0.211. The maximum atomic E-state index is 12.8. The van der Waals surface area contributed by atoms with E-state index in [1.807, 2.05) is 24.3 Å². The van der Waals surface area contributed by atoms with E-state index in [1.165, 1.54) is 18.2 Å². The number of carbonyl (C=O) groups is 1. The third kappa shape index (κ3) is 3.58. The highest BCUT2D eigenvalue weighted by atomic mass is 35.5. The van der Waals surface area contributed by atoms with E-state index >= 15 is 0 Å². The predicted molar refractivity (Wildman–Crippen MR) is 96.7 cm³/mol. The molecule has 1 fully saturated rings. The zero-order chi connectivity index (χ0) is 18.0. The molecule has 25 heavy (non-hydrogen) atoms. The van der Waals surface area contributed by atoms with Crippen LogP contribution in [0.4, 0.5) is 11.4 Å². The smallest absolute Gasteiger partial charge is 0.292 e. The summed E-state index contributed by atoms with van der Waals surface area (Å²) >= 11 is 6.23. The summed E-state index contributed by atoms with van der Waals surface area (Å²) < 4.78 is 0. The molecule has 1 aliphatic rings. The summed E-state index contributed by atoms with van der Waals surface area (Å²) in [6.07, 6.45) is 2.45. The van der Waals surface area contributed by atoms with Gasteiger partial charge in [0, 0.05) is 29.2 Å². The molecule has 0 radical (unpaired) electrons. The zero-order valence-corrected chi connectivity index (χ0v) is 14.3. The third-order valence-electron chi connectivity index (χ3n) is 4.53. The maximum Gasteiger partial charge on any atom is 0.292 e. The van der Waals surface area contributed by atoms with Gasteiger partial charge < -0.3 is 10.6 Å². The Labute approximate surface area is 150 Å². The first-order valence-electron chi connectivity index (χ1n) is 8.05. The number of rotatable bonds is 4. The molecule has 1 aliphatic heterocycles. The second-order valence-corrected chi connectivity index (χ2v) is 6.53. The van der Waals surface area contributed by atoms with Crippen LogP contribution >= 0.6 is 11.6 Å². The van der Waals surface area contributed by atoms with E-state index in [2.05, 4.69) is 0 Å². The lowest BCUT2D eigenvalue weighted by atomic mass is 10.0. The number of hydrogen-bond acceptors (Lipinski definition) is 4. The molecule has 6 nitrogen and oxygen atoms in total. The number of nitrogens with two attached hydrogens (primary N) is 1. The van der Waals surface area contributed by atoms with Gasteiger partial charge in [0.05, 0.1) is 4.92 Å². The van der Waals surface area contributed by atoms with Gasteiger partial charge in [0.25, 0.3) is 11.6 Å². The lowest BCUT2D eigenvalue weighted by Crippen LogP contribution is -2.36. The van der Waals surface area contributed by atoms with Crippen LogP contribution in [0, 0.1) is 10.1 Å². The minimum Gasteiger partial charge on any atom is -0.393 e. The van der Waals surface area contributed by atoms with Crippen molar-refractivity contribution < 1.29 is 9.72 Å². The van der Waals surface area contributed by atoms with E-state index in [9.17, 15) is 14.9 Å². The fourth-order valence-electron chi connectivity index (χ4n) is 3.23. The second-order valence-electron chi connectivity index (χ2n) is 6.12. The molecular weight excluding hydrogens is 342 g/mol. The second kappa shape index (κ2) is 7.11. The zero-order valence-electron chi connectivity index (χ0n) is 13.5. The number of nitro benzene ring substituents is 1. The van der Waals surface area contributed by atoms with Crippen LogP contribution in [0.3, 0.4) is 0 Å². The van der Waals surface area contributed by atoms with Gasteiger partial charge in [-0.3, -0.25) is 14.9 Å². The van der Waals surface area contributed by atoms with Gasteiger partial charge >= 0.3 is 0 Å². The number of anilines is 1.